The Bertz CT molecular complexity index is 1260. The van der Waals surface area contributed by atoms with Gasteiger partial charge >= 0.3 is 23.6 Å². The Morgan fingerprint density at radius 1 is 0.761 bits per heavy atom. The van der Waals surface area contributed by atoms with Gasteiger partial charge in [-0.25, -0.2) is 4.79 Å². The van der Waals surface area contributed by atoms with Gasteiger partial charge in [-0.2, -0.15) is 0 Å². The average molecular weight is 657 g/mol. The standard InChI is InChI=1S/C29H48N6O11/c1-21-16-35(24-15-22(37)23(20-36)46-24)29(45)34(28(21)44)6-4-2-3-5-30-7-9-31(17-25(38)39)11-13-33(19-27(42)43)14-12-32(10-8-30)18-26(40)41/h16,22-24,36-37H,2-15,17-20H2,1H3,(H,38,39)(H,40,41)(H,42,43)/t22-,23+,24+/m0/s1. The molecule has 260 valence electrons. The summed E-state index contributed by atoms with van der Waals surface area (Å²) in [4.78, 5) is 67.7. The van der Waals surface area contributed by atoms with Gasteiger partial charge in [0.25, 0.3) is 5.56 Å². The second-order valence-electron chi connectivity index (χ2n) is 12.0. The molecule has 0 aromatic carbocycles. The van der Waals surface area contributed by atoms with Gasteiger partial charge < -0.3 is 35.2 Å². The van der Waals surface area contributed by atoms with Crippen molar-refractivity contribution in [2.75, 3.05) is 85.1 Å². The number of aromatic nitrogens is 2. The molecule has 17 nitrogen and oxygen atoms in total. The quantitative estimate of drug-likeness (QED) is 0.132. The molecule has 3 rings (SSSR count). The van der Waals surface area contributed by atoms with Crippen molar-refractivity contribution < 1.29 is 44.7 Å². The highest BCUT2D eigenvalue weighted by Gasteiger charge is 2.35. The first kappa shape index (κ1) is 37.3. The third kappa shape index (κ3) is 11.6. The molecule has 0 spiro atoms. The number of nitrogens with zero attached hydrogens (tertiary/aromatic N) is 6. The van der Waals surface area contributed by atoms with Crippen molar-refractivity contribution in [3.05, 3.63) is 32.6 Å². The molecule has 1 aromatic heterocycles. The van der Waals surface area contributed by atoms with Crippen LogP contribution in [-0.4, -0.2) is 170 Å². The van der Waals surface area contributed by atoms with Gasteiger partial charge in [-0.3, -0.25) is 43.0 Å². The topological polar surface area (TPSA) is 219 Å². The molecule has 3 heterocycles. The molecule has 46 heavy (non-hydrogen) atoms. The molecule has 0 saturated carbocycles. The van der Waals surface area contributed by atoms with Crippen LogP contribution >= 0.6 is 0 Å². The Morgan fingerprint density at radius 2 is 1.22 bits per heavy atom. The molecular formula is C29H48N6O11. The summed E-state index contributed by atoms with van der Waals surface area (Å²) in [5, 5.41) is 47.6. The van der Waals surface area contributed by atoms with Crippen LogP contribution < -0.4 is 11.2 Å². The first-order valence-electron chi connectivity index (χ1n) is 15.7. The number of ether oxygens (including phenoxy) is 1. The van der Waals surface area contributed by atoms with Crippen LogP contribution in [-0.2, 0) is 25.7 Å². The van der Waals surface area contributed by atoms with Crippen LogP contribution in [0.1, 0.15) is 37.5 Å². The third-order valence-corrected chi connectivity index (χ3v) is 8.42. The zero-order valence-corrected chi connectivity index (χ0v) is 26.4. The lowest BCUT2D eigenvalue weighted by atomic mass is 10.2. The highest BCUT2D eigenvalue weighted by molar-refractivity contribution is 5.69. The van der Waals surface area contributed by atoms with Gasteiger partial charge in [-0.1, -0.05) is 6.42 Å². The van der Waals surface area contributed by atoms with Crippen molar-refractivity contribution in [3.63, 3.8) is 0 Å². The van der Waals surface area contributed by atoms with Crippen LogP contribution in [0.4, 0.5) is 0 Å². The van der Waals surface area contributed by atoms with Crippen molar-refractivity contribution >= 4 is 17.9 Å². The minimum atomic E-state index is -1.01. The highest BCUT2D eigenvalue weighted by Crippen LogP contribution is 2.27. The van der Waals surface area contributed by atoms with Gasteiger partial charge in [0.05, 0.1) is 32.3 Å². The smallest absolute Gasteiger partial charge is 0.333 e. The fourth-order valence-corrected chi connectivity index (χ4v) is 5.84. The molecule has 0 bridgehead atoms. The molecule has 0 amide bonds. The number of aryl methyl sites for hydroxylation is 1. The third-order valence-electron chi connectivity index (χ3n) is 8.42. The highest BCUT2D eigenvalue weighted by atomic mass is 16.5. The fourth-order valence-electron chi connectivity index (χ4n) is 5.84. The molecule has 3 atom stereocenters. The molecule has 0 aliphatic carbocycles. The van der Waals surface area contributed by atoms with Gasteiger partial charge in [-0.15, -0.1) is 0 Å². The summed E-state index contributed by atoms with van der Waals surface area (Å²) in [6.45, 7) is 4.70. The number of rotatable bonds is 14. The summed E-state index contributed by atoms with van der Waals surface area (Å²) in [7, 11) is 0. The molecule has 2 saturated heterocycles. The lowest BCUT2D eigenvalue weighted by Gasteiger charge is -2.33. The average Bonchev–Trinajstić information content (AvgIpc) is 3.36. The van der Waals surface area contributed by atoms with Crippen LogP contribution in [0.15, 0.2) is 15.8 Å². The van der Waals surface area contributed by atoms with Crippen molar-refractivity contribution in [1.82, 2.24) is 28.7 Å². The van der Waals surface area contributed by atoms with Crippen LogP contribution in [0.25, 0.3) is 0 Å². The number of aliphatic hydroxyl groups is 2. The zero-order valence-electron chi connectivity index (χ0n) is 26.4. The van der Waals surface area contributed by atoms with Crippen molar-refractivity contribution in [2.45, 2.75) is 57.6 Å². The number of hydrogen-bond acceptors (Lipinski definition) is 12. The molecule has 5 N–H and O–H groups in total. The van der Waals surface area contributed by atoms with Crippen LogP contribution in [0.3, 0.4) is 0 Å². The number of unbranched alkanes of at least 4 members (excludes halogenated alkanes) is 2. The monoisotopic (exact) mass is 656 g/mol. The van der Waals surface area contributed by atoms with Crippen LogP contribution in [0.5, 0.6) is 0 Å². The Morgan fingerprint density at radius 3 is 1.65 bits per heavy atom. The Kier molecular flexibility index (Phi) is 14.8. The van der Waals surface area contributed by atoms with Gasteiger partial charge in [0.2, 0.25) is 0 Å². The van der Waals surface area contributed by atoms with E-state index in [0.717, 1.165) is 11.0 Å². The number of hydrogen-bond donors (Lipinski definition) is 5. The summed E-state index contributed by atoms with van der Waals surface area (Å²) >= 11 is 0. The molecule has 2 aliphatic heterocycles. The number of carboxylic acid groups (broad SMARTS) is 3. The summed E-state index contributed by atoms with van der Waals surface area (Å²) < 4.78 is 8.07. The maximum atomic E-state index is 13.2. The minimum Gasteiger partial charge on any atom is -0.480 e. The van der Waals surface area contributed by atoms with Gasteiger partial charge in [-0.05, 0) is 26.3 Å². The molecule has 2 aliphatic rings. The summed E-state index contributed by atoms with van der Waals surface area (Å²) in [5.41, 5.74) is -0.596. The first-order chi connectivity index (χ1) is 21.9. The maximum Gasteiger partial charge on any atom is 0.333 e. The lowest BCUT2D eigenvalue weighted by molar-refractivity contribution is -0.140. The van der Waals surface area contributed by atoms with Gasteiger partial charge in [0, 0.05) is 77.1 Å². The summed E-state index contributed by atoms with van der Waals surface area (Å²) in [5.74, 6) is -2.97. The van der Waals surface area contributed by atoms with E-state index in [1.165, 1.54) is 10.8 Å². The van der Waals surface area contributed by atoms with Crippen molar-refractivity contribution in [1.29, 1.82) is 0 Å². The molecule has 17 heteroatoms. The van der Waals surface area contributed by atoms with E-state index in [2.05, 4.69) is 4.90 Å². The van der Waals surface area contributed by atoms with Crippen molar-refractivity contribution in [2.24, 2.45) is 0 Å². The molecular weight excluding hydrogens is 608 g/mol. The summed E-state index contributed by atoms with van der Waals surface area (Å²) in [6.07, 6.45) is 0.955. The van der Waals surface area contributed by atoms with E-state index in [1.807, 2.05) is 0 Å². The summed E-state index contributed by atoms with van der Waals surface area (Å²) in [6, 6.07) is 0. The van der Waals surface area contributed by atoms with E-state index in [9.17, 15) is 49.5 Å². The zero-order chi connectivity index (χ0) is 33.8. The van der Waals surface area contributed by atoms with Crippen molar-refractivity contribution in [3.8, 4) is 0 Å². The fraction of sp³-hybridized carbons (Fsp3) is 0.759. The second-order valence-corrected chi connectivity index (χ2v) is 12.0. The van der Waals surface area contributed by atoms with E-state index < -0.39 is 47.6 Å². The Balaban J connectivity index is 1.62. The van der Waals surface area contributed by atoms with E-state index in [1.54, 1.807) is 21.6 Å². The molecule has 2 fully saturated rings. The number of aliphatic carboxylic acids is 3. The van der Waals surface area contributed by atoms with Gasteiger partial charge in [0.15, 0.2) is 0 Å². The predicted molar refractivity (Wildman–Crippen MR) is 164 cm³/mol. The molecule has 0 radical (unpaired) electrons. The van der Waals surface area contributed by atoms with E-state index >= 15 is 0 Å². The minimum absolute atomic E-state index is 0.118. The van der Waals surface area contributed by atoms with E-state index in [0.29, 0.717) is 77.3 Å². The second kappa shape index (κ2) is 18.2. The first-order valence-corrected chi connectivity index (χ1v) is 15.7. The van der Waals surface area contributed by atoms with E-state index in [4.69, 9.17) is 4.74 Å². The predicted octanol–water partition coefficient (Wildman–Crippen LogP) is -2.40. The molecule has 1 aromatic rings. The van der Waals surface area contributed by atoms with Crippen LogP contribution in [0, 0.1) is 6.92 Å². The van der Waals surface area contributed by atoms with Gasteiger partial charge in [0.1, 0.15) is 12.3 Å². The lowest BCUT2D eigenvalue weighted by Crippen LogP contribution is -2.48. The number of carboxylic acids is 3. The maximum absolute atomic E-state index is 13.2. The number of carbonyl (C=O) groups is 3. The molecule has 0 unspecified atom stereocenters. The van der Waals surface area contributed by atoms with Crippen LogP contribution in [0.2, 0.25) is 0 Å². The SMILES string of the molecule is Cc1cn([C@H]2C[C@H](O)[C@@H](CO)O2)c(=O)n(CCCCCN2CCN(CC(=O)O)CCN(CC(=O)O)CCN(CC(=O)O)CC2)c1=O. The Labute approximate surface area is 266 Å². The largest absolute Gasteiger partial charge is 0.480 e. The normalized spacial score (nSPS) is 23.2. The Hall–Kier alpha value is -3.19. The van der Waals surface area contributed by atoms with E-state index in [-0.39, 0.29) is 39.2 Å². The number of aliphatic hydroxyl groups excluding tert-OH is 2.